The lowest BCUT2D eigenvalue weighted by Crippen LogP contribution is -3.00. The third-order valence-corrected chi connectivity index (χ3v) is 5.83. The molecule has 3 heteroatoms. The summed E-state index contributed by atoms with van der Waals surface area (Å²) in [5.41, 5.74) is 0. The summed E-state index contributed by atoms with van der Waals surface area (Å²) in [7, 11) is 4.69. The smallest absolute Gasteiger partial charge is 0.183 e. The van der Waals surface area contributed by atoms with E-state index in [1.165, 1.54) is 116 Å². The van der Waals surface area contributed by atoms with Crippen LogP contribution in [0.5, 0.6) is 0 Å². The minimum Gasteiger partial charge on any atom is -1.00 e. The molecule has 0 aromatic heterocycles. The zero-order valence-electron chi connectivity index (χ0n) is 18.2. The third-order valence-electron chi connectivity index (χ3n) is 5.83. The van der Waals surface area contributed by atoms with Crippen LogP contribution in [-0.2, 0) is 4.74 Å². The van der Waals surface area contributed by atoms with Gasteiger partial charge in [0.15, 0.2) is 6.73 Å². The SMILES string of the molecule is CCCCCCCCCCCC[N+](C)(C)COC1CCCCCCC1.[Cl-]. The molecular weight excluding hydrogens is 342 g/mol. The average Bonchev–Trinajstić information content (AvgIpc) is 2.55. The number of quaternary nitrogens is 1. The number of rotatable bonds is 14. The van der Waals surface area contributed by atoms with E-state index < -0.39 is 0 Å². The van der Waals surface area contributed by atoms with Gasteiger partial charge in [-0.2, -0.15) is 0 Å². The van der Waals surface area contributed by atoms with Crippen LogP contribution in [0.4, 0.5) is 0 Å². The Morgan fingerprint density at radius 1 is 0.692 bits per heavy atom. The van der Waals surface area contributed by atoms with Gasteiger partial charge in [-0.15, -0.1) is 0 Å². The second-order valence-corrected chi connectivity index (χ2v) is 9.10. The van der Waals surface area contributed by atoms with Crippen molar-refractivity contribution in [1.82, 2.24) is 0 Å². The molecule has 0 saturated heterocycles. The maximum atomic E-state index is 6.30. The Kier molecular flexibility index (Phi) is 17.5. The molecule has 1 fully saturated rings. The maximum Gasteiger partial charge on any atom is 0.183 e. The molecule has 158 valence electrons. The molecule has 0 bridgehead atoms. The molecule has 26 heavy (non-hydrogen) atoms. The first kappa shape index (κ1) is 26.2. The molecule has 0 aliphatic heterocycles. The Hall–Kier alpha value is 0.210. The molecule has 2 nitrogen and oxygen atoms in total. The first-order valence-electron chi connectivity index (χ1n) is 11.6. The summed E-state index contributed by atoms with van der Waals surface area (Å²) >= 11 is 0. The van der Waals surface area contributed by atoms with Gasteiger partial charge >= 0.3 is 0 Å². The van der Waals surface area contributed by atoms with E-state index in [4.69, 9.17) is 4.74 Å². The highest BCUT2D eigenvalue weighted by Crippen LogP contribution is 2.20. The van der Waals surface area contributed by atoms with Crippen molar-refractivity contribution in [1.29, 1.82) is 0 Å². The zero-order valence-corrected chi connectivity index (χ0v) is 19.0. The number of nitrogens with zero attached hydrogens (tertiary/aromatic N) is 1. The monoisotopic (exact) mass is 389 g/mol. The van der Waals surface area contributed by atoms with Crippen LogP contribution >= 0.6 is 0 Å². The largest absolute Gasteiger partial charge is 1.00 e. The fourth-order valence-corrected chi connectivity index (χ4v) is 3.98. The van der Waals surface area contributed by atoms with Crippen LogP contribution < -0.4 is 12.4 Å². The van der Waals surface area contributed by atoms with Crippen molar-refractivity contribution in [2.24, 2.45) is 0 Å². The Morgan fingerprint density at radius 3 is 1.69 bits per heavy atom. The molecular formula is C23H48ClNO. The lowest BCUT2D eigenvalue weighted by atomic mass is 9.99. The van der Waals surface area contributed by atoms with Gasteiger partial charge < -0.3 is 21.6 Å². The zero-order chi connectivity index (χ0) is 18.2. The lowest BCUT2D eigenvalue weighted by Gasteiger charge is -2.32. The Bertz CT molecular complexity index is 288. The molecule has 0 heterocycles. The van der Waals surface area contributed by atoms with Gasteiger partial charge in [-0.05, 0) is 25.7 Å². The Labute approximate surface area is 171 Å². The summed E-state index contributed by atoms with van der Waals surface area (Å²) in [6.07, 6.45) is 24.3. The Morgan fingerprint density at radius 2 is 1.15 bits per heavy atom. The minimum absolute atomic E-state index is 0. The summed E-state index contributed by atoms with van der Waals surface area (Å²) in [5.74, 6) is 0. The minimum atomic E-state index is 0. The predicted molar refractivity (Wildman–Crippen MR) is 111 cm³/mol. The van der Waals surface area contributed by atoms with E-state index in [0.29, 0.717) is 6.10 Å². The summed E-state index contributed by atoms with van der Waals surface area (Å²) in [6, 6.07) is 0. The molecule has 0 spiro atoms. The molecule has 0 aromatic carbocycles. The van der Waals surface area contributed by atoms with Crippen molar-refractivity contribution in [3.8, 4) is 0 Å². The van der Waals surface area contributed by atoms with Gasteiger partial charge in [0.25, 0.3) is 0 Å². The molecule has 1 aliphatic rings. The van der Waals surface area contributed by atoms with Gasteiger partial charge in [0.1, 0.15) is 0 Å². The summed E-state index contributed by atoms with van der Waals surface area (Å²) in [4.78, 5) is 0. The summed E-state index contributed by atoms with van der Waals surface area (Å²) in [5, 5.41) is 0. The highest BCUT2D eigenvalue weighted by atomic mass is 35.5. The van der Waals surface area contributed by atoms with Crippen molar-refractivity contribution in [3.63, 3.8) is 0 Å². The predicted octanol–water partition coefficient (Wildman–Crippen LogP) is 4.07. The standard InChI is InChI=1S/C23H48NO.ClH/c1-4-5-6-7-8-9-10-11-15-18-21-24(2,3)22-25-23-19-16-13-12-14-17-20-23;/h23H,4-22H2,1-3H3;1H/q+1;/p-1. The molecule has 0 N–H and O–H groups in total. The fraction of sp³-hybridized carbons (Fsp3) is 1.00. The number of hydrogen-bond donors (Lipinski definition) is 0. The molecule has 0 radical (unpaired) electrons. The maximum absolute atomic E-state index is 6.30. The number of hydrogen-bond acceptors (Lipinski definition) is 1. The highest BCUT2D eigenvalue weighted by molar-refractivity contribution is 4.62. The van der Waals surface area contributed by atoms with E-state index in [0.717, 1.165) is 11.2 Å². The van der Waals surface area contributed by atoms with Crippen molar-refractivity contribution in [3.05, 3.63) is 0 Å². The average molecular weight is 390 g/mol. The molecule has 1 rings (SSSR count). The van der Waals surface area contributed by atoms with Crippen LogP contribution in [0.2, 0.25) is 0 Å². The van der Waals surface area contributed by atoms with Crippen molar-refractivity contribution >= 4 is 0 Å². The van der Waals surface area contributed by atoms with Gasteiger partial charge in [-0.3, -0.25) is 0 Å². The van der Waals surface area contributed by atoms with Crippen molar-refractivity contribution < 1.29 is 21.6 Å². The Balaban J connectivity index is 0.00000625. The van der Waals surface area contributed by atoms with E-state index in [1.807, 2.05) is 0 Å². The second kappa shape index (κ2) is 17.3. The summed E-state index contributed by atoms with van der Waals surface area (Å²) < 4.78 is 7.33. The van der Waals surface area contributed by atoms with E-state index in [1.54, 1.807) is 0 Å². The van der Waals surface area contributed by atoms with E-state index in [9.17, 15) is 0 Å². The molecule has 1 aliphatic carbocycles. The molecule has 0 atom stereocenters. The molecule has 1 saturated carbocycles. The fourth-order valence-electron chi connectivity index (χ4n) is 3.98. The van der Waals surface area contributed by atoms with Crippen LogP contribution in [0.15, 0.2) is 0 Å². The normalized spacial score (nSPS) is 16.7. The van der Waals surface area contributed by atoms with E-state index in [2.05, 4.69) is 21.0 Å². The van der Waals surface area contributed by atoms with Crippen molar-refractivity contribution in [2.45, 2.75) is 122 Å². The number of ether oxygens (including phenoxy) is 1. The van der Waals surface area contributed by atoms with Crippen molar-refractivity contribution in [2.75, 3.05) is 27.4 Å². The lowest BCUT2D eigenvalue weighted by molar-refractivity contribution is -0.910. The molecule has 0 unspecified atom stereocenters. The van der Waals surface area contributed by atoms with Gasteiger partial charge in [-0.25, -0.2) is 0 Å². The van der Waals surface area contributed by atoms with E-state index in [-0.39, 0.29) is 12.4 Å². The van der Waals surface area contributed by atoms with E-state index >= 15 is 0 Å². The van der Waals surface area contributed by atoms with Crippen LogP contribution in [-0.4, -0.2) is 38.0 Å². The van der Waals surface area contributed by atoms with Gasteiger partial charge in [-0.1, -0.05) is 90.4 Å². The van der Waals surface area contributed by atoms with Crippen LogP contribution in [0.25, 0.3) is 0 Å². The molecule has 0 amide bonds. The quantitative estimate of drug-likeness (QED) is 0.247. The van der Waals surface area contributed by atoms with Gasteiger partial charge in [0.05, 0.1) is 26.7 Å². The third kappa shape index (κ3) is 15.3. The number of unbranched alkanes of at least 4 members (excludes halogenated alkanes) is 9. The van der Waals surface area contributed by atoms with Gasteiger partial charge in [0.2, 0.25) is 0 Å². The topological polar surface area (TPSA) is 9.23 Å². The highest BCUT2D eigenvalue weighted by Gasteiger charge is 2.19. The van der Waals surface area contributed by atoms with Crippen LogP contribution in [0.3, 0.4) is 0 Å². The van der Waals surface area contributed by atoms with Crippen LogP contribution in [0, 0.1) is 0 Å². The van der Waals surface area contributed by atoms with Gasteiger partial charge in [0, 0.05) is 0 Å². The first-order valence-corrected chi connectivity index (χ1v) is 11.6. The number of halogens is 1. The van der Waals surface area contributed by atoms with Crippen LogP contribution in [0.1, 0.15) is 116 Å². The molecule has 0 aromatic rings. The first-order chi connectivity index (χ1) is 12.1. The summed E-state index contributed by atoms with van der Waals surface area (Å²) in [6.45, 7) is 4.47. The second-order valence-electron chi connectivity index (χ2n) is 9.10.